The van der Waals surface area contributed by atoms with Gasteiger partial charge in [0.25, 0.3) is 5.91 Å². The normalized spacial score (nSPS) is 10.9. The Bertz CT molecular complexity index is 683. The number of hydrogen-bond donors (Lipinski definition) is 2. The van der Waals surface area contributed by atoms with Gasteiger partial charge < -0.3 is 15.4 Å². The highest BCUT2D eigenvalue weighted by Crippen LogP contribution is 2.08. The summed E-state index contributed by atoms with van der Waals surface area (Å²) in [6, 6.07) is 7.34. The van der Waals surface area contributed by atoms with Gasteiger partial charge in [0.15, 0.2) is 0 Å². The number of hydrogen-bond acceptors (Lipinski definition) is 3. The SMILES string of the molecule is C=C/C=C(\C=C)CCNC(=O)c1ccc(CCNC(=O)OC(C)(C)C)cc1.CC. The molecule has 0 fully saturated rings. The Morgan fingerprint density at radius 3 is 2.17 bits per heavy atom. The molecular formula is C24H36N2O3. The van der Waals surface area contributed by atoms with Gasteiger partial charge in [0.1, 0.15) is 5.60 Å². The van der Waals surface area contributed by atoms with E-state index >= 15 is 0 Å². The summed E-state index contributed by atoms with van der Waals surface area (Å²) in [6.07, 6.45) is 6.27. The molecule has 5 nitrogen and oxygen atoms in total. The van der Waals surface area contributed by atoms with E-state index in [9.17, 15) is 9.59 Å². The molecule has 0 saturated carbocycles. The Kier molecular flexibility index (Phi) is 12.8. The Balaban J connectivity index is 0.00000379. The second-order valence-electron chi connectivity index (χ2n) is 7.06. The summed E-state index contributed by atoms with van der Waals surface area (Å²) in [6.45, 7) is 17.9. The minimum atomic E-state index is -0.507. The van der Waals surface area contributed by atoms with Gasteiger partial charge in [-0.15, -0.1) is 0 Å². The van der Waals surface area contributed by atoms with Crippen molar-refractivity contribution in [2.45, 2.75) is 53.1 Å². The molecular weight excluding hydrogens is 364 g/mol. The number of alkyl carbamates (subject to hydrolysis) is 1. The van der Waals surface area contributed by atoms with Crippen molar-refractivity contribution in [3.63, 3.8) is 0 Å². The lowest BCUT2D eigenvalue weighted by molar-refractivity contribution is 0.0528. The summed E-state index contributed by atoms with van der Waals surface area (Å²) in [5.74, 6) is -0.115. The lowest BCUT2D eigenvalue weighted by Gasteiger charge is -2.19. The van der Waals surface area contributed by atoms with Crippen LogP contribution in [0.3, 0.4) is 0 Å². The van der Waals surface area contributed by atoms with E-state index in [4.69, 9.17) is 4.74 Å². The van der Waals surface area contributed by atoms with Crippen LogP contribution in [0.25, 0.3) is 0 Å². The zero-order chi connectivity index (χ0) is 22.3. The number of allylic oxidation sites excluding steroid dienone is 3. The number of nitrogens with one attached hydrogen (secondary N) is 2. The molecule has 2 amide bonds. The third-order valence-electron chi connectivity index (χ3n) is 3.59. The fourth-order valence-corrected chi connectivity index (χ4v) is 2.27. The van der Waals surface area contributed by atoms with Gasteiger partial charge in [0.05, 0.1) is 0 Å². The van der Waals surface area contributed by atoms with Crippen LogP contribution in [0.5, 0.6) is 0 Å². The van der Waals surface area contributed by atoms with Crippen molar-refractivity contribution in [1.82, 2.24) is 10.6 Å². The standard InChI is InChI=1S/C22H30N2O3.C2H6/c1-6-8-17(7-2)13-15-23-20(25)19-11-9-18(10-12-19)14-16-24-21(26)27-22(3,4)5;1-2/h6-12H,1-2,13-16H2,3-5H3,(H,23,25)(H,24,26);1-2H3/b17-8+;. The summed E-state index contributed by atoms with van der Waals surface area (Å²) in [7, 11) is 0. The fourth-order valence-electron chi connectivity index (χ4n) is 2.27. The Morgan fingerprint density at radius 1 is 1.03 bits per heavy atom. The van der Waals surface area contributed by atoms with Crippen molar-refractivity contribution in [3.8, 4) is 0 Å². The second-order valence-corrected chi connectivity index (χ2v) is 7.06. The monoisotopic (exact) mass is 400 g/mol. The van der Waals surface area contributed by atoms with E-state index in [1.807, 2.05) is 52.8 Å². The van der Waals surface area contributed by atoms with Crippen LogP contribution in [-0.4, -0.2) is 30.7 Å². The Labute approximate surface area is 175 Å². The molecule has 1 rings (SSSR count). The molecule has 0 bridgehead atoms. The van der Waals surface area contributed by atoms with Crippen LogP contribution in [0.2, 0.25) is 0 Å². The third kappa shape index (κ3) is 12.3. The number of ether oxygens (including phenoxy) is 1. The maximum atomic E-state index is 12.2. The molecule has 29 heavy (non-hydrogen) atoms. The molecule has 0 heterocycles. The highest BCUT2D eigenvalue weighted by atomic mass is 16.6. The average molecular weight is 401 g/mol. The molecule has 5 heteroatoms. The number of carbonyl (C=O) groups excluding carboxylic acids is 2. The zero-order valence-corrected chi connectivity index (χ0v) is 18.5. The summed E-state index contributed by atoms with van der Waals surface area (Å²) < 4.78 is 5.19. The molecule has 0 aliphatic carbocycles. The quantitative estimate of drug-likeness (QED) is 0.560. The average Bonchev–Trinajstić information content (AvgIpc) is 2.68. The predicted octanol–water partition coefficient (Wildman–Crippen LogP) is 5.20. The van der Waals surface area contributed by atoms with E-state index in [1.165, 1.54) is 0 Å². The van der Waals surface area contributed by atoms with Crippen molar-refractivity contribution >= 4 is 12.0 Å². The second kappa shape index (κ2) is 14.2. The van der Waals surface area contributed by atoms with E-state index in [1.54, 1.807) is 24.3 Å². The molecule has 0 radical (unpaired) electrons. The van der Waals surface area contributed by atoms with Gasteiger partial charge in [-0.3, -0.25) is 4.79 Å². The Morgan fingerprint density at radius 2 is 1.66 bits per heavy atom. The topological polar surface area (TPSA) is 67.4 Å². The van der Waals surface area contributed by atoms with Crippen molar-refractivity contribution < 1.29 is 14.3 Å². The lowest BCUT2D eigenvalue weighted by atomic mass is 10.1. The number of amides is 2. The van der Waals surface area contributed by atoms with Crippen LogP contribution < -0.4 is 10.6 Å². The predicted molar refractivity (Wildman–Crippen MR) is 121 cm³/mol. The van der Waals surface area contributed by atoms with E-state index in [2.05, 4.69) is 23.8 Å². The van der Waals surface area contributed by atoms with E-state index in [-0.39, 0.29) is 5.91 Å². The lowest BCUT2D eigenvalue weighted by Crippen LogP contribution is -2.33. The largest absolute Gasteiger partial charge is 0.444 e. The van der Waals surface area contributed by atoms with Crippen molar-refractivity contribution in [3.05, 3.63) is 72.4 Å². The first-order valence-corrected chi connectivity index (χ1v) is 10.0. The Hall–Kier alpha value is -2.82. The fraction of sp³-hybridized carbons (Fsp3) is 0.417. The number of carbonyl (C=O) groups is 2. The van der Waals surface area contributed by atoms with Crippen LogP contribution in [0.1, 0.15) is 57.0 Å². The summed E-state index contributed by atoms with van der Waals surface area (Å²) in [4.78, 5) is 23.8. The maximum absolute atomic E-state index is 12.2. The minimum Gasteiger partial charge on any atom is -0.444 e. The summed E-state index contributed by atoms with van der Waals surface area (Å²) in [5.41, 5.74) is 2.16. The van der Waals surface area contributed by atoms with Crippen molar-refractivity contribution in [2.24, 2.45) is 0 Å². The molecule has 0 atom stereocenters. The van der Waals surface area contributed by atoms with Gasteiger partial charge in [-0.2, -0.15) is 0 Å². The molecule has 0 aliphatic heterocycles. The first kappa shape index (κ1) is 26.2. The minimum absolute atomic E-state index is 0.115. The first-order valence-electron chi connectivity index (χ1n) is 10.0. The van der Waals surface area contributed by atoms with Crippen LogP contribution in [-0.2, 0) is 11.2 Å². The van der Waals surface area contributed by atoms with Crippen molar-refractivity contribution in [1.29, 1.82) is 0 Å². The van der Waals surface area contributed by atoms with E-state index in [0.717, 1.165) is 11.1 Å². The van der Waals surface area contributed by atoms with Gasteiger partial charge in [0.2, 0.25) is 0 Å². The number of benzene rings is 1. The van der Waals surface area contributed by atoms with Gasteiger partial charge in [-0.05, 0) is 56.9 Å². The molecule has 0 aliphatic rings. The van der Waals surface area contributed by atoms with Gasteiger partial charge in [-0.25, -0.2) is 4.79 Å². The molecule has 0 unspecified atom stereocenters. The molecule has 0 aromatic heterocycles. The van der Waals surface area contributed by atoms with E-state index in [0.29, 0.717) is 31.5 Å². The van der Waals surface area contributed by atoms with Crippen LogP contribution in [0.4, 0.5) is 4.79 Å². The number of rotatable bonds is 9. The van der Waals surface area contributed by atoms with Gasteiger partial charge >= 0.3 is 6.09 Å². The first-order chi connectivity index (χ1) is 13.7. The highest BCUT2D eigenvalue weighted by Gasteiger charge is 2.15. The van der Waals surface area contributed by atoms with Crippen molar-refractivity contribution in [2.75, 3.05) is 13.1 Å². The third-order valence-corrected chi connectivity index (χ3v) is 3.59. The van der Waals surface area contributed by atoms with E-state index < -0.39 is 11.7 Å². The molecule has 160 valence electrons. The molecule has 0 saturated heterocycles. The zero-order valence-electron chi connectivity index (χ0n) is 18.5. The highest BCUT2D eigenvalue weighted by molar-refractivity contribution is 5.94. The van der Waals surface area contributed by atoms with Gasteiger partial charge in [0, 0.05) is 18.7 Å². The van der Waals surface area contributed by atoms with Crippen LogP contribution >= 0.6 is 0 Å². The van der Waals surface area contributed by atoms with Gasteiger partial charge in [-0.1, -0.05) is 57.4 Å². The smallest absolute Gasteiger partial charge is 0.407 e. The molecule has 1 aromatic rings. The maximum Gasteiger partial charge on any atom is 0.407 e. The molecule has 2 N–H and O–H groups in total. The summed E-state index contributed by atoms with van der Waals surface area (Å²) >= 11 is 0. The summed E-state index contributed by atoms with van der Waals surface area (Å²) in [5, 5.41) is 5.60. The van der Waals surface area contributed by atoms with Crippen LogP contribution in [0.15, 0.2) is 61.2 Å². The molecule has 1 aromatic carbocycles. The molecule has 0 spiro atoms. The van der Waals surface area contributed by atoms with Crippen LogP contribution in [0, 0.1) is 0 Å².